The van der Waals surface area contributed by atoms with Crippen LogP contribution in [0.25, 0.3) is 10.8 Å². The largest absolute Gasteiger partial charge is 0.329 e. The van der Waals surface area contributed by atoms with Gasteiger partial charge in [0.2, 0.25) is 0 Å². The number of hydrogen-bond donors (Lipinski definition) is 1. The van der Waals surface area contributed by atoms with Gasteiger partial charge in [-0.2, -0.15) is 0 Å². The molecular weight excluding hydrogens is 244 g/mol. The molecule has 1 aromatic heterocycles. The molecule has 0 unspecified atom stereocenters. The molecule has 14 heavy (non-hydrogen) atoms. The Labute approximate surface area is 100.0 Å². The predicted octanol–water partition coefficient (Wildman–Crippen LogP) is 2.79. The summed E-state index contributed by atoms with van der Waals surface area (Å²) in [5, 5.41) is 1.73. The molecule has 0 amide bonds. The van der Waals surface area contributed by atoms with Crippen LogP contribution in [-0.4, -0.2) is 4.98 Å². The third kappa shape index (κ3) is 2.91. The van der Waals surface area contributed by atoms with E-state index in [0.717, 1.165) is 10.8 Å². The van der Waals surface area contributed by atoms with E-state index in [1.54, 1.807) is 6.20 Å². The number of hydrogen-bond acceptors (Lipinski definition) is 1. The molecule has 1 aromatic carbocycles. The third-order valence-corrected chi connectivity index (χ3v) is 1.68. The standard InChI is InChI=1S/C9H7NO.3ClH/c11-9-8-4-2-1-3-7(8)5-6-10-9;;;/h1-6H,(H,10,11);3*1H. The number of H-pyrrole nitrogens is 1. The van der Waals surface area contributed by atoms with Gasteiger partial charge in [0.25, 0.3) is 5.56 Å². The van der Waals surface area contributed by atoms with E-state index in [1.165, 1.54) is 0 Å². The number of benzene rings is 1. The molecule has 1 heterocycles. The zero-order valence-corrected chi connectivity index (χ0v) is 9.55. The topological polar surface area (TPSA) is 32.9 Å². The summed E-state index contributed by atoms with van der Waals surface area (Å²) in [5.74, 6) is 0. The molecule has 0 saturated heterocycles. The molecule has 78 valence electrons. The molecule has 2 aromatic rings. The van der Waals surface area contributed by atoms with Gasteiger partial charge in [-0.15, -0.1) is 37.2 Å². The van der Waals surface area contributed by atoms with E-state index in [4.69, 9.17) is 0 Å². The van der Waals surface area contributed by atoms with Crippen LogP contribution in [0.15, 0.2) is 41.3 Å². The first-order chi connectivity index (χ1) is 5.38. The van der Waals surface area contributed by atoms with Crippen LogP contribution in [0.1, 0.15) is 0 Å². The van der Waals surface area contributed by atoms with Crippen LogP contribution in [0.2, 0.25) is 0 Å². The summed E-state index contributed by atoms with van der Waals surface area (Å²) < 4.78 is 0. The fourth-order valence-electron chi connectivity index (χ4n) is 1.13. The molecule has 0 radical (unpaired) electrons. The fraction of sp³-hybridized carbons (Fsp3) is 0. The molecule has 0 spiro atoms. The van der Waals surface area contributed by atoms with Gasteiger partial charge >= 0.3 is 0 Å². The van der Waals surface area contributed by atoms with Gasteiger partial charge in [-0.05, 0) is 17.5 Å². The summed E-state index contributed by atoms with van der Waals surface area (Å²) in [6.07, 6.45) is 1.66. The van der Waals surface area contributed by atoms with Crippen LogP contribution in [0.3, 0.4) is 0 Å². The Morgan fingerprint density at radius 1 is 0.929 bits per heavy atom. The van der Waals surface area contributed by atoms with Crippen molar-refractivity contribution in [2.75, 3.05) is 0 Å². The van der Waals surface area contributed by atoms with Crippen LogP contribution in [0.4, 0.5) is 0 Å². The summed E-state index contributed by atoms with van der Waals surface area (Å²) in [5.41, 5.74) is -0.0249. The monoisotopic (exact) mass is 253 g/mol. The molecule has 1 N–H and O–H groups in total. The minimum absolute atomic E-state index is 0. The Bertz CT molecular complexity index is 436. The molecule has 2 nitrogen and oxygen atoms in total. The second-order valence-corrected chi connectivity index (χ2v) is 2.39. The third-order valence-electron chi connectivity index (χ3n) is 1.68. The first kappa shape index (κ1) is 15.8. The summed E-state index contributed by atoms with van der Waals surface area (Å²) in [7, 11) is 0. The number of nitrogens with one attached hydrogen (secondary N) is 1. The van der Waals surface area contributed by atoms with Crippen molar-refractivity contribution >= 4 is 48.0 Å². The molecule has 0 aliphatic carbocycles. The second kappa shape index (κ2) is 6.71. The average molecular weight is 255 g/mol. The molecule has 2 rings (SSSR count). The fourth-order valence-corrected chi connectivity index (χ4v) is 1.13. The van der Waals surface area contributed by atoms with Crippen molar-refractivity contribution in [1.29, 1.82) is 0 Å². The second-order valence-electron chi connectivity index (χ2n) is 2.39. The molecule has 5 heteroatoms. The van der Waals surface area contributed by atoms with Gasteiger partial charge in [-0.25, -0.2) is 0 Å². The van der Waals surface area contributed by atoms with E-state index in [1.807, 2.05) is 30.3 Å². The van der Waals surface area contributed by atoms with E-state index in [2.05, 4.69) is 4.98 Å². The average Bonchev–Trinajstić information content (AvgIpc) is 2.06. The van der Waals surface area contributed by atoms with Gasteiger partial charge in [-0.1, -0.05) is 18.2 Å². The van der Waals surface area contributed by atoms with E-state index >= 15 is 0 Å². The zero-order valence-electron chi connectivity index (χ0n) is 7.10. The molecule has 0 aliphatic rings. The minimum Gasteiger partial charge on any atom is -0.329 e. The van der Waals surface area contributed by atoms with Crippen LogP contribution in [0.5, 0.6) is 0 Å². The van der Waals surface area contributed by atoms with Gasteiger partial charge in [0.05, 0.1) is 0 Å². The summed E-state index contributed by atoms with van der Waals surface area (Å²) >= 11 is 0. The zero-order chi connectivity index (χ0) is 7.68. The highest BCUT2D eigenvalue weighted by Crippen LogP contribution is 2.05. The highest BCUT2D eigenvalue weighted by Gasteiger charge is 1.92. The van der Waals surface area contributed by atoms with Crippen molar-refractivity contribution in [2.45, 2.75) is 0 Å². The van der Waals surface area contributed by atoms with Crippen molar-refractivity contribution in [1.82, 2.24) is 4.98 Å². The molecular formula is C9H10Cl3NO. The number of aromatic amines is 1. The van der Waals surface area contributed by atoms with E-state index < -0.39 is 0 Å². The van der Waals surface area contributed by atoms with Crippen LogP contribution < -0.4 is 5.56 Å². The van der Waals surface area contributed by atoms with E-state index in [9.17, 15) is 4.79 Å². The highest BCUT2D eigenvalue weighted by molar-refractivity contribution is 5.86. The molecule has 0 aliphatic heterocycles. The minimum atomic E-state index is -0.0249. The summed E-state index contributed by atoms with van der Waals surface area (Å²) in [6.45, 7) is 0. The van der Waals surface area contributed by atoms with Crippen LogP contribution in [-0.2, 0) is 0 Å². The molecule has 0 fully saturated rings. The first-order valence-corrected chi connectivity index (χ1v) is 3.44. The van der Waals surface area contributed by atoms with E-state index in [-0.39, 0.29) is 42.8 Å². The van der Waals surface area contributed by atoms with Gasteiger partial charge in [0.15, 0.2) is 0 Å². The lowest BCUT2D eigenvalue weighted by Gasteiger charge is -1.92. The van der Waals surface area contributed by atoms with Crippen molar-refractivity contribution in [2.24, 2.45) is 0 Å². The number of aromatic nitrogens is 1. The van der Waals surface area contributed by atoms with Gasteiger partial charge < -0.3 is 4.98 Å². The van der Waals surface area contributed by atoms with E-state index in [0.29, 0.717) is 0 Å². The van der Waals surface area contributed by atoms with Crippen LogP contribution >= 0.6 is 37.2 Å². The number of halogens is 3. The maximum Gasteiger partial charge on any atom is 0.255 e. The maximum atomic E-state index is 11.1. The number of fused-ring (bicyclic) bond motifs is 1. The quantitative estimate of drug-likeness (QED) is 0.770. The predicted molar refractivity (Wildman–Crippen MR) is 66.3 cm³/mol. The summed E-state index contributed by atoms with van der Waals surface area (Å²) in [4.78, 5) is 13.7. The van der Waals surface area contributed by atoms with Crippen molar-refractivity contribution in [3.05, 3.63) is 46.9 Å². The maximum absolute atomic E-state index is 11.1. The molecule has 0 atom stereocenters. The normalized spacial score (nSPS) is 8.00. The summed E-state index contributed by atoms with van der Waals surface area (Å²) in [6, 6.07) is 9.40. The Morgan fingerprint density at radius 2 is 1.57 bits per heavy atom. The lowest BCUT2D eigenvalue weighted by Crippen LogP contribution is -2.03. The number of pyridine rings is 1. The van der Waals surface area contributed by atoms with Gasteiger partial charge in [0, 0.05) is 11.6 Å². The highest BCUT2D eigenvalue weighted by atomic mass is 35.5. The van der Waals surface area contributed by atoms with Gasteiger partial charge in [-0.3, -0.25) is 4.79 Å². The first-order valence-electron chi connectivity index (χ1n) is 3.44. The van der Waals surface area contributed by atoms with Crippen molar-refractivity contribution < 1.29 is 0 Å². The van der Waals surface area contributed by atoms with Crippen LogP contribution in [0, 0.1) is 0 Å². The lowest BCUT2D eigenvalue weighted by atomic mass is 10.2. The lowest BCUT2D eigenvalue weighted by molar-refractivity contribution is 1.28. The van der Waals surface area contributed by atoms with Crippen molar-refractivity contribution in [3.8, 4) is 0 Å². The Balaban J connectivity index is 0. The Kier molecular flexibility index (Phi) is 7.55. The Hall–Kier alpha value is -0.700. The van der Waals surface area contributed by atoms with Gasteiger partial charge in [0.1, 0.15) is 0 Å². The molecule has 0 bridgehead atoms. The SMILES string of the molecule is Cl.Cl.Cl.O=c1[nH]ccc2ccccc12. The smallest absolute Gasteiger partial charge is 0.255 e. The molecule has 0 saturated carbocycles. The Morgan fingerprint density at radius 3 is 2.21 bits per heavy atom. The van der Waals surface area contributed by atoms with Crippen molar-refractivity contribution in [3.63, 3.8) is 0 Å². The number of rotatable bonds is 0.